The molecule has 10 heteroatoms. The van der Waals surface area contributed by atoms with Crippen LogP contribution in [0.4, 0.5) is 30.4 Å². The first-order valence-corrected chi connectivity index (χ1v) is 10.6. The number of aromatic nitrogens is 2. The Morgan fingerprint density at radius 1 is 1.10 bits per heavy atom. The van der Waals surface area contributed by atoms with E-state index in [1.807, 2.05) is 24.1 Å². The summed E-state index contributed by atoms with van der Waals surface area (Å²) in [7, 11) is 2.01. The molecular weight excluding hydrogens is 467 g/mol. The second-order valence-electron chi connectivity index (χ2n) is 6.91. The zero-order valence-electron chi connectivity index (χ0n) is 15.6. The second kappa shape index (κ2) is 8.00. The van der Waals surface area contributed by atoms with Gasteiger partial charge in [-0.1, -0.05) is 0 Å². The number of halogens is 4. The summed E-state index contributed by atoms with van der Waals surface area (Å²) in [6, 6.07) is 9.95. The highest BCUT2D eigenvalue weighted by Crippen LogP contribution is 2.39. The average Bonchev–Trinajstić information content (AvgIpc) is 3.31. The molecule has 5 nitrogen and oxygen atoms in total. The third kappa shape index (κ3) is 4.59. The average molecular weight is 486 g/mol. The van der Waals surface area contributed by atoms with Crippen LogP contribution in [0.3, 0.4) is 0 Å². The lowest BCUT2D eigenvalue weighted by atomic mass is 10.1. The minimum Gasteiger partial charge on any atom is -0.369 e. The maximum atomic E-state index is 13.7. The van der Waals surface area contributed by atoms with E-state index in [4.69, 9.17) is 0 Å². The number of alkyl halides is 3. The van der Waals surface area contributed by atoms with Gasteiger partial charge in [-0.25, -0.2) is 0 Å². The molecule has 0 unspecified atom stereocenters. The minimum atomic E-state index is -4.47. The SMILES string of the molecule is CN1CCN(c2ccc(Nc3cc(-c4ccc(Br)s4)[nH]n3)c(C(F)(F)F)c2)CC1. The Morgan fingerprint density at radius 2 is 1.86 bits per heavy atom. The Balaban J connectivity index is 1.59. The fraction of sp³-hybridized carbons (Fsp3) is 0.316. The number of thiophene rings is 1. The first kappa shape index (κ1) is 20.2. The molecule has 29 heavy (non-hydrogen) atoms. The van der Waals surface area contributed by atoms with Gasteiger partial charge in [-0.15, -0.1) is 11.3 Å². The molecule has 1 fully saturated rings. The van der Waals surface area contributed by atoms with Crippen LogP contribution in [0.25, 0.3) is 10.6 Å². The topological polar surface area (TPSA) is 47.2 Å². The fourth-order valence-corrected chi connectivity index (χ4v) is 4.60. The van der Waals surface area contributed by atoms with Crippen LogP contribution in [0, 0.1) is 0 Å². The highest BCUT2D eigenvalue weighted by atomic mass is 79.9. The van der Waals surface area contributed by atoms with Crippen LogP contribution in [-0.2, 0) is 6.18 Å². The lowest BCUT2D eigenvalue weighted by Crippen LogP contribution is -2.44. The number of piperazine rings is 1. The van der Waals surface area contributed by atoms with Gasteiger partial charge in [0.1, 0.15) is 0 Å². The molecule has 0 radical (unpaired) electrons. The van der Waals surface area contributed by atoms with Crippen molar-refractivity contribution in [3.8, 4) is 10.6 Å². The first-order valence-electron chi connectivity index (χ1n) is 9.02. The van der Waals surface area contributed by atoms with E-state index < -0.39 is 11.7 Å². The van der Waals surface area contributed by atoms with Gasteiger partial charge in [-0.2, -0.15) is 18.3 Å². The van der Waals surface area contributed by atoms with E-state index in [0.717, 1.165) is 27.4 Å². The summed E-state index contributed by atoms with van der Waals surface area (Å²) in [4.78, 5) is 5.09. The third-order valence-electron chi connectivity index (χ3n) is 4.86. The number of H-pyrrole nitrogens is 1. The number of hydrogen-bond acceptors (Lipinski definition) is 5. The van der Waals surface area contributed by atoms with E-state index in [0.29, 0.717) is 24.6 Å². The van der Waals surface area contributed by atoms with Crippen LogP contribution < -0.4 is 10.2 Å². The lowest BCUT2D eigenvalue weighted by molar-refractivity contribution is -0.136. The van der Waals surface area contributed by atoms with Crippen LogP contribution >= 0.6 is 27.3 Å². The summed E-state index contributed by atoms with van der Waals surface area (Å²) in [5.41, 5.74) is 0.617. The van der Waals surface area contributed by atoms with Crippen molar-refractivity contribution in [2.24, 2.45) is 0 Å². The number of benzene rings is 1. The monoisotopic (exact) mass is 485 g/mol. The van der Waals surface area contributed by atoms with E-state index in [1.54, 1.807) is 12.1 Å². The number of nitrogens with one attached hydrogen (secondary N) is 2. The van der Waals surface area contributed by atoms with Crippen LogP contribution in [0.15, 0.2) is 40.2 Å². The highest BCUT2D eigenvalue weighted by Gasteiger charge is 2.34. The van der Waals surface area contributed by atoms with Gasteiger partial charge in [0.25, 0.3) is 0 Å². The van der Waals surface area contributed by atoms with Crippen LogP contribution in [0.1, 0.15) is 5.56 Å². The van der Waals surface area contributed by atoms with Gasteiger partial charge in [0.15, 0.2) is 5.82 Å². The summed E-state index contributed by atoms with van der Waals surface area (Å²) < 4.78 is 42.2. The summed E-state index contributed by atoms with van der Waals surface area (Å²) in [5, 5.41) is 9.79. The molecule has 1 saturated heterocycles. The van der Waals surface area contributed by atoms with Crippen molar-refractivity contribution >= 4 is 44.5 Å². The third-order valence-corrected chi connectivity index (χ3v) is 6.51. The molecular formula is C19H19BrF3N5S. The van der Waals surface area contributed by atoms with E-state index in [2.05, 4.69) is 36.3 Å². The fourth-order valence-electron chi connectivity index (χ4n) is 3.25. The Morgan fingerprint density at radius 3 is 2.52 bits per heavy atom. The summed E-state index contributed by atoms with van der Waals surface area (Å²) in [5.74, 6) is 0.336. The zero-order chi connectivity index (χ0) is 20.6. The number of rotatable bonds is 4. The molecule has 0 aliphatic carbocycles. The highest BCUT2D eigenvalue weighted by molar-refractivity contribution is 9.11. The molecule has 1 aromatic carbocycles. The van der Waals surface area contributed by atoms with Crippen molar-refractivity contribution < 1.29 is 13.2 Å². The normalized spacial score (nSPS) is 15.7. The molecule has 1 aliphatic rings. The molecule has 0 amide bonds. The van der Waals surface area contributed by atoms with Gasteiger partial charge in [-0.3, -0.25) is 5.10 Å². The smallest absolute Gasteiger partial charge is 0.369 e. The van der Waals surface area contributed by atoms with Crippen LogP contribution in [0.5, 0.6) is 0 Å². The number of hydrogen-bond donors (Lipinski definition) is 2. The molecule has 0 bridgehead atoms. The Bertz CT molecular complexity index is 992. The molecule has 2 N–H and O–H groups in total. The summed E-state index contributed by atoms with van der Waals surface area (Å²) in [6.07, 6.45) is -4.47. The Kier molecular flexibility index (Phi) is 5.58. The van der Waals surface area contributed by atoms with E-state index in [-0.39, 0.29) is 5.69 Å². The largest absolute Gasteiger partial charge is 0.418 e. The van der Waals surface area contributed by atoms with Crippen molar-refractivity contribution in [1.82, 2.24) is 15.1 Å². The molecule has 3 aromatic rings. The van der Waals surface area contributed by atoms with Crippen LogP contribution in [-0.4, -0.2) is 48.3 Å². The van der Waals surface area contributed by atoms with E-state index in [9.17, 15) is 13.2 Å². The lowest BCUT2D eigenvalue weighted by Gasteiger charge is -2.34. The predicted molar refractivity (Wildman–Crippen MR) is 114 cm³/mol. The molecule has 0 saturated carbocycles. The van der Waals surface area contributed by atoms with Gasteiger partial charge in [-0.05, 0) is 53.3 Å². The summed E-state index contributed by atoms with van der Waals surface area (Å²) in [6.45, 7) is 3.08. The van der Waals surface area contributed by atoms with Gasteiger partial charge >= 0.3 is 6.18 Å². The second-order valence-corrected chi connectivity index (χ2v) is 9.38. The first-order chi connectivity index (χ1) is 13.8. The minimum absolute atomic E-state index is 0.0132. The maximum Gasteiger partial charge on any atom is 0.418 e. The summed E-state index contributed by atoms with van der Waals surface area (Å²) >= 11 is 4.92. The maximum absolute atomic E-state index is 13.7. The standard InChI is InChI=1S/C19H19BrF3N5S/c1-27-6-8-28(9-7-27)12-2-3-14(13(10-12)19(21,22)23)24-18-11-15(25-26-18)16-4-5-17(20)29-16/h2-5,10-11H,6-9H2,1H3,(H2,24,25,26). The molecule has 1 aliphatic heterocycles. The van der Waals surface area contributed by atoms with Gasteiger partial charge < -0.3 is 15.1 Å². The van der Waals surface area contributed by atoms with E-state index in [1.165, 1.54) is 23.5 Å². The molecule has 0 atom stereocenters. The van der Waals surface area contributed by atoms with Crippen molar-refractivity contribution in [1.29, 1.82) is 0 Å². The zero-order valence-corrected chi connectivity index (χ0v) is 18.0. The predicted octanol–water partition coefficient (Wildman–Crippen LogP) is 5.41. The Labute approximate surface area is 178 Å². The number of anilines is 3. The number of likely N-dealkylation sites (N-methyl/N-ethyl adjacent to an activating group) is 1. The molecule has 4 rings (SSSR count). The number of aromatic amines is 1. The Hall–Kier alpha value is -2.04. The van der Waals surface area contributed by atoms with E-state index >= 15 is 0 Å². The van der Waals surface area contributed by atoms with Crippen molar-refractivity contribution in [2.45, 2.75) is 6.18 Å². The van der Waals surface area contributed by atoms with Crippen molar-refractivity contribution in [3.63, 3.8) is 0 Å². The number of nitrogens with zero attached hydrogens (tertiary/aromatic N) is 3. The van der Waals surface area contributed by atoms with Gasteiger partial charge in [0.2, 0.25) is 0 Å². The van der Waals surface area contributed by atoms with Crippen molar-refractivity contribution in [2.75, 3.05) is 43.4 Å². The molecule has 0 spiro atoms. The molecule has 154 valence electrons. The quantitative estimate of drug-likeness (QED) is 0.518. The van der Waals surface area contributed by atoms with Gasteiger partial charge in [0, 0.05) is 37.9 Å². The van der Waals surface area contributed by atoms with Gasteiger partial charge in [0.05, 0.1) is 25.6 Å². The van der Waals surface area contributed by atoms with Crippen molar-refractivity contribution in [3.05, 3.63) is 45.7 Å². The molecule has 2 aromatic heterocycles. The molecule has 3 heterocycles. The van der Waals surface area contributed by atoms with Crippen LogP contribution in [0.2, 0.25) is 0 Å².